The molecule has 1 aromatic carbocycles. The molecule has 0 aliphatic rings. The van der Waals surface area contributed by atoms with Crippen LogP contribution in [0.2, 0.25) is 0 Å². The molecule has 0 saturated heterocycles. The van der Waals surface area contributed by atoms with Crippen LogP contribution in [0.1, 0.15) is 34.1 Å². The number of halogens is 1. The van der Waals surface area contributed by atoms with Crippen molar-refractivity contribution < 1.29 is 13.9 Å². The van der Waals surface area contributed by atoms with Crippen LogP contribution >= 0.6 is 11.3 Å². The van der Waals surface area contributed by atoms with E-state index < -0.39 is 5.97 Å². The first kappa shape index (κ1) is 15.4. The first-order valence-corrected chi connectivity index (χ1v) is 7.51. The molecular formula is C15H17FN2O2S. The summed E-state index contributed by atoms with van der Waals surface area (Å²) in [5.41, 5.74) is 4.06. The molecule has 0 saturated carbocycles. The Morgan fingerprint density at radius 3 is 2.67 bits per heavy atom. The summed E-state index contributed by atoms with van der Waals surface area (Å²) in [4.78, 5) is 15.7. The number of hydrogen-bond donors (Lipinski definition) is 1. The topological polar surface area (TPSA) is 51.2 Å². The zero-order valence-corrected chi connectivity index (χ0v) is 13.0. The van der Waals surface area contributed by atoms with Crippen LogP contribution in [0.25, 0.3) is 0 Å². The highest BCUT2D eigenvalue weighted by Gasteiger charge is 2.16. The first-order valence-electron chi connectivity index (χ1n) is 6.63. The van der Waals surface area contributed by atoms with Gasteiger partial charge in [-0.2, -0.15) is 0 Å². The third kappa shape index (κ3) is 3.58. The Balaban J connectivity index is 2.11. The summed E-state index contributed by atoms with van der Waals surface area (Å²) in [5.74, 6) is -0.614. The van der Waals surface area contributed by atoms with Gasteiger partial charge in [0.15, 0.2) is 5.69 Å². The second kappa shape index (κ2) is 6.67. The summed E-state index contributed by atoms with van der Waals surface area (Å²) in [6, 6.07) is 3.58. The Morgan fingerprint density at radius 1 is 1.38 bits per heavy atom. The summed E-state index contributed by atoms with van der Waals surface area (Å²) < 4.78 is 18.5. The number of ether oxygens (including phenoxy) is 1. The SMILES string of the molecule is CCOC(=O)c1ncsc1NCc1cc(C)c(F)c(C)c1. The third-order valence-electron chi connectivity index (χ3n) is 2.99. The molecule has 2 aromatic rings. The monoisotopic (exact) mass is 308 g/mol. The number of rotatable bonds is 5. The minimum Gasteiger partial charge on any atom is -0.461 e. The van der Waals surface area contributed by atoms with Crippen molar-refractivity contribution in [1.82, 2.24) is 4.98 Å². The number of aromatic nitrogens is 1. The Morgan fingerprint density at radius 2 is 2.05 bits per heavy atom. The average Bonchev–Trinajstić information content (AvgIpc) is 2.91. The number of benzene rings is 1. The van der Waals surface area contributed by atoms with Crippen molar-refractivity contribution in [3.8, 4) is 0 Å². The van der Waals surface area contributed by atoms with Gasteiger partial charge in [-0.05, 0) is 37.5 Å². The van der Waals surface area contributed by atoms with Gasteiger partial charge in [0.05, 0.1) is 12.1 Å². The van der Waals surface area contributed by atoms with Crippen LogP contribution in [0.3, 0.4) is 0 Å². The van der Waals surface area contributed by atoms with Crippen LogP contribution in [-0.4, -0.2) is 17.6 Å². The van der Waals surface area contributed by atoms with Crippen LogP contribution in [0.5, 0.6) is 0 Å². The molecule has 0 amide bonds. The van der Waals surface area contributed by atoms with Crippen molar-refractivity contribution in [3.05, 3.63) is 45.8 Å². The number of aryl methyl sites for hydroxylation is 2. The van der Waals surface area contributed by atoms with Crippen molar-refractivity contribution in [2.75, 3.05) is 11.9 Å². The lowest BCUT2D eigenvalue weighted by molar-refractivity contribution is 0.0521. The lowest BCUT2D eigenvalue weighted by Gasteiger charge is -2.09. The zero-order valence-electron chi connectivity index (χ0n) is 12.2. The second-order valence-electron chi connectivity index (χ2n) is 4.65. The fraction of sp³-hybridized carbons (Fsp3) is 0.333. The molecular weight excluding hydrogens is 291 g/mol. The van der Waals surface area contributed by atoms with Crippen LogP contribution in [0.15, 0.2) is 17.6 Å². The van der Waals surface area contributed by atoms with Crippen molar-refractivity contribution >= 4 is 22.3 Å². The van der Waals surface area contributed by atoms with E-state index in [9.17, 15) is 9.18 Å². The van der Waals surface area contributed by atoms with Gasteiger partial charge in [-0.25, -0.2) is 14.2 Å². The summed E-state index contributed by atoms with van der Waals surface area (Å²) >= 11 is 1.34. The molecule has 0 atom stereocenters. The first-order chi connectivity index (χ1) is 10.0. The largest absolute Gasteiger partial charge is 0.461 e. The lowest BCUT2D eigenvalue weighted by Crippen LogP contribution is -2.09. The van der Waals surface area contributed by atoms with E-state index in [1.54, 1.807) is 38.4 Å². The molecule has 2 rings (SSSR count). The average molecular weight is 308 g/mol. The number of hydrogen-bond acceptors (Lipinski definition) is 5. The molecule has 0 fully saturated rings. The smallest absolute Gasteiger partial charge is 0.360 e. The summed E-state index contributed by atoms with van der Waals surface area (Å²) in [7, 11) is 0. The van der Waals surface area contributed by atoms with Crippen molar-refractivity contribution in [3.63, 3.8) is 0 Å². The van der Waals surface area contributed by atoms with Gasteiger partial charge in [-0.15, -0.1) is 11.3 Å². The molecule has 0 aliphatic carbocycles. The standard InChI is InChI=1S/C15H17FN2O2S/c1-4-20-15(19)13-14(21-8-18-13)17-7-11-5-9(2)12(16)10(3)6-11/h5-6,8,17H,4,7H2,1-3H3. The maximum atomic E-state index is 13.6. The molecule has 1 heterocycles. The summed E-state index contributed by atoms with van der Waals surface area (Å²) in [6.07, 6.45) is 0. The number of carbonyl (C=O) groups excluding carboxylic acids is 1. The number of nitrogens with zero attached hydrogens (tertiary/aromatic N) is 1. The number of carbonyl (C=O) groups is 1. The van der Waals surface area contributed by atoms with Crippen LogP contribution in [0.4, 0.5) is 9.39 Å². The van der Waals surface area contributed by atoms with Gasteiger partial charge in [0.2, 0.25) is 0 Å². The highest BCUT2D eigenvalue weighted by atomic mass is 32.1. The van der Waals surface area contributed by atoms with E-state index in [2.05, 4.69) is 10.3 Å². The number of thiazole rings is 1. The molecule has 4 nitrogen and oxygen atoms in total. The minimum atomic E-state index is -0.437. The van der Waals surface area contributed by atoms with Crippen molar-refractivity contribution in [2.45, 2.75) is 27.3 Å². The van der Waals surface area contributed by atoms with Gasteiger partial charge >= 0.3 is 5.97 Å². The molecule has 0 bridgehead atoms. The van der Waals surface area contributed by atoms with E-state index in [0.29, 0.717) is 29.3 Å². The zero-order chi connectivity index (χ0) is 15.4. The third-order valence-corrected chi connectivity index (χ3v) is 3.77. The van der Waals surface area contributed by atoms with Crippen LogP contribution in [-0.2, 0) is 11.3 Å². The van der Waals surface area contributed by atoms with E-state index in [0.717, 1.165) is 5.56 Å². The Kier molecular flexibility index (Phi) is 4.90. The fourth-order valence-electron chi connectivity index (χ4n) is 2.04. The molecule has 0 spiro atoms. The van der Waals surface area contributed by atoms with Gasteiger partial charge in [0.25, 0.3) is 0 Å². The van der Waals surface area contributed by atoms with Crippen LogP contribution in [0, 0.1) is 19.7 Å². The number of anilines is 1. The minimum absolute atomic E-state index is 0.177. The fourth-order valence-corrected chi connectivity index (χ4v) is 2.70. The van der Waals surface area contributed by atoms with Crippen molar-refractivity contribution in [2.24, 2.45) is 0 Å². The predicted molar refractivity (Wildman–Crippen MR) is 81.3 cm³/mol. The Labute approximate surface area is 127 Å². The maximum absolute atomic E-state index is 13.6. The van der Waals surface area contributed by atoms with E-state index >= 15 is 0 Å². The quantitative estimate of drug-likeness (QED) is 0.856. The van der Waals surface area contributed by atoms with Crippen LogP contribution < -0.4 is 5.32 Å². The maximum Gasteiger partial charge on any atom is 0.360 e. The second-order valence-corrected chi connectivity index (χ2v) is 5.50. The van der Waals surface area contributed by atoms with Gasteiger partial charge < -0.3 is 10.1 Å². The number of nitrogens with one attached hydrogen (secondary N) is 1. The molecule has 21 heavy (non-hydrogen) atoms. The normalized spacial score (nSPS) is 10.5. The predicted octanol–water partition coefficient (Wildman–Crippen LogP) is 3.69. The highest BCUT2D eigenvalue weighted by Crippen LogP contribution is 2.23. The van der Waals surface area contributed by atoms with E-state index in [1.807, 2.05) is 0 Å². The molecule has 1 N–H and O–H groups in total. The molecule has 0 unspecified atom stereocenters. The molecule has 1 aromatic heterocycles. The van der Waals surface area contributed by atoms with Gasteiger partial charge in [0, 0.05) is 6.54 Å². The highest BCUT2D eigenvalue weighted by molar-refractivity contribution is 7.14. The Hall–Kier alpha value is -1.95. The van der Waals surface area contributed by atoms with E-state index in [-0.39, 0.29) is 11.5 Å². The molecule has 112 valence electrons. The van der Waals surface area contributed by atoms with Crippen molar-refractivity contribution in [1.29, 1.82) is 0 Å². The summed E-state index contributed by atoms with van der Waals surface area (Å²) in [6.45, 7) is 6.04. The van der Waals surface area contributed by atoms with Gasteiger partial charge in [-0.3, -0.25) is 0 Å². The number of esters is 1. The molecule has 0 aliphatic heterocycles. The van der Waals surface area contributed by atoms with E-state index in [4.69, 9.17) is 4.74 Å². The molecule has 0 radical (unpaired) electrons. The Bertz CT molecular complexity index is 632. The van der Waals surface area contributed by atoms with E-state index in [1.165, 1.54) is 11.3 Å². The summed E-state index contributed by atoms with van der Waals surface area (Å²) in [5, 5.41) is 3.82. The van der Waals surface area contributed by atoms with Gasteiger partial charge in [0.1, 0.15) is 10.8 Å². The molecule has 6 heteroatoms. The lowest BCUT2D eigenvalue weighted by atomic mass is 10.1. The van der Waals surface area contributed by atoms with Gasteiger partial charge in [-0.1, -0.05) is 12.1 Å².